The Morgan fingerprint density at radius 1 is 1.24 bits per heavy atom. The van der Waals surface area contributed by atoms with E-state index in [1.54, 1.807) is 17.0 Å². The second-order valence-electron chi connectivity index (χ2n) is 9.01. The van der Waals surface area contributed by atoms with Gasteiger partial charge in [0.2, 0.25) is 10.0 Å². The van der Waals surface area contributed by atoms with Crippen LogP contribution >= 0.6 is 11.6 Å². The Kier molecular flexibility index (Phi) is 8.84. The van der Waals surface area contributed by atoms with Crippen molar-refractivity contribution in [1.29, 1.82) is 0 Å². The third-order valence-electron chi connectivity index (χ3n) is 6.44. The van der Waals surface area contributed by atoms with Gasteiger partial charge in [0.1, 0.15) is 0 Å². The van der Waals surface area contributed by atoms with Crippen LogP contribution in [0.3, 0.4) is 0 Å². The zero-order chi connectivity index (χ0) is 28.4. The van der Waals surface area contributed by atoms with Crippen LogP contribution in [0.2, 0.25) is 5.02 Å². The van der Waals surface area contributed by atoms with Gasteiger partial charge in [-0.3, -0.25) is 9.69 Å². The number of nitrogens with two attached hydrogens (primary N) is 1. The lowest BCUT2D eigenvalue weighted by Gasteiger charge is -2.25. The van der Waals surface area contributed by atoms with E-state index in [0.29, 0.717) is 33.9 Å². The highest BCUT2D eigenvalue weighted by Crippen LogP contribution is 2.36. The Hall–Kier alpha value is -3.03. The highest BCUT2D eigenvalue weighted by atomic mass is 35.5. The Morgan fingerprint density at radius 2 is 1.92 bits per heavy atom. The van der Waals surface area contributed by atoms with E-state index in [9.17, 15) is 36.3 Å². The van der Waals surface area contributed by atoms with Crippen molar-refractivity contribution in [2.24, 2.45) is 0 Å². The second kappa shape index (κ2) is 11.4. The average molecular weight is 577 g/mol. The third kappa shape index (κ3) is 6.69. The first-order valence-corrected chi connectivity index (χ1v) is 13.6. The summed E-state index contributed by atoms with van der Waals surface area (Å²) in [7, 11) is -2.79. The van der Waals surface area contributed by atoms with Crippen LogP contribution in [0.5, 0.6) is 0 Å². The smallest absolute Gasteiger partial charge is 0.416 e. The minimum atomic E-state index is -4.86. The molecule has 1 aliphatic heterocycles. The number of sulfonamides is 1. The number of carbonyl (C=O) groups excluding carboxylic acids is 1. The number of alkyl halides is 3. The standard InChI is InChI=1S/C24H28ClF3N4O5S/c1-3-38(36,37)32(12-15-5-4-6-17(25)9-15)22(33)19-11-20(24(26,27)28)16(10-21(19)29)13-31-8-7-18(14-31)30(2)23(34)35/h4-6,9-11,18H,3,7-8,12-14,29H2,1-2H3,(H,34,35). The van der Waals surface area contributed by atoms with Crippen LogP contribution in [-0.4, -0.2) is 71.6 Å². The zero-order valence-corrected chi connectivity index (χ0v) is 22.3. The number of nitrogen functional groups attached to an aromatic ring is 1. The van der Waals surface area contributed by atoms with Gasteiger partial charge >= 0.3 is 12.3 Å². The van der Waals surface area contributed by atoms with Gasteiger partial charge < -0.3 is 15.7 Å². The van der Waals surface area contributed by atoms with E-state index < -0.39 is 51.6 Å². The molecule has 3 N–H and O–H groups in total. The van der Waals surface area contributed by atoms with Crippen molar-refractivity contribution in [3.05, 3.63) is 63.7 Å². The lowest BCUT2D eigenvalue weighted by molar-refractivity contribution is -0.138. The first-order chi connectivity index (χ1) is 17.6. The molecule has 0 saturated carbocycles. The van der Waals surface area contributed by atoms with Crippen molar-refractivity contribution >= 4 is 39.3 Å². The summed E-state index contributed by atoms with van der Waals surface area (Å²) in [6, 6.07) is 7.34. The normalized spacial score (nSPS) is 16.4. The summed E-state index contributed by atoms with van der Waals surface area (Å²) < 4.78 is 68.4. The number of likely N-dealkylation sites (N-methyl/N-ethyl adjacent to an activating group) is 1. The fourth-order valence-electron chi connectivity index (χ4n) is 4.30. The number of nitrogens with zero attached hydrogens (tertiary/aromatic N) is 3. The Bertz CT molecular complexity index is 1320. The molecule has 3 rings (SSSR count). The summed E-state index contributed by atoms with van der Waals surface area (Å²) in [6.07, 6.45) is -5.55. The Labute approximate surface area is 223 Å². The number of halogens is 4. The molecule has 0 bridgehead atoms. The molecule has 2 amide bonds. The van der Waals surface area contributed by atoms with Crippen molar-refractivity contribution in [2.45, 2.75) is 38.7 Å². The molecule has 2 aromatic rings. The van der Waals surface area contributed by atoms with Crippen molar-refractivity contribution < 1.29 is 36.3 Å². The van der Waals surface area contributed by atoms with Gasteiger partial charge in [0.15, 0.2) is 0 Å². The lowest BCUT2D eigenvalue weighted by atomic mass is 10.00. The summed E-state index contributed by atoms with van der Waals surface area (Å²) in [6.45, 7) is 1.28. The number of benzene rings is 2. The molecule has 38 heavy (non-hydrogen) atoms. The van der Waals surface area contributed by atoms with E-state index >= 15 is 0 Å². The maximum Gasteiger partial charge on any atom is 0.416 e. The SMILES string of the molecule is CCS(=O)(=O)N(Cc1cccc(Cl)c1)C(=O)c1cc(C(F)(F)F)c(CN2CCC(N(C)C(=O)O)C2)cc1N. The second-order valence-corrected chi connectivity index (χ2v) is 11.6. The van der Waals surface area contributed by atoms with E-state index in [-0.39, 0.29) is 30.4 Å². The van der Waals surface area contributed by atoms with Gasteiger partial charge in [0.05, 0.1) is 23.4 Å². The summed E-state index contributed by atoms with van der Waals surface area (Å²) in [5.74, 6) is -1.66. The molecule has 9 nitrogen and oxygen atoms in total. The summed E-state index contributed by atoms with van der Waals surface area (Å²) >= 11 is 5.96. The molecule has 1 atom stereocenters. The fourth-order valence-corrected chi connectivity index (χ4v) is 5.52. The van der Waals surface area contributed by atoms with Gasteiger partial charge in [-0.25, -0.2) is 17.5 Å². The molecule has 2 aromatic carbocycles. The number of rotatable bonds is 8. The highest BCUT2D eigenvalue weighted by Gasteiger charge is 2.38. The van der Waals surface area contributed by atoms with Crippen molar-refractivity contribution in [1.82, 2.24) is 14.1 Å². The molecule has 14 heteroatoms. The Morgan fingerprint density at radius 3 is 2.50 bits per heavy atom. The molecule has 0 spiro atoms. The average Bonchev–Trinajstić information content (AvgIpc) is 3.29. The molecule has 0 aliphatic carbocycles. The van der Waals surface area contributed by atoms with E-state index in [1.807, 2.05) is 0 Å². The molecule has 0 aromatic heterocycles. The van der Waals surface area contributed by atoms with Crippen molar-refractivity contribution in [2.75, 3.05) is 31.6 Å². The predicted octanol–water partition coefficient (Wildman–Crippen LogP) is 4.12. The number of carboxylic acid groups (broad SMARTS) is 1. The monoisotopic (exact) mass is 576 g/mol. The highest BCUT2D eigenvalue weighted by molar-refractivity contribution is 7.89. The number of hydrogen-bond acceptors (Lipinski definition) is 6. The lowest BCUT2D eigenvalue weighted by Crippen LogP contribution is -2.38. The van der Waals surface area contributed by atoms with E-state index in [4.69, 9.17) is 17.3 Å². The molecular formula is C24H28ClF3N4O5S. The van der Waals surface area contributed by atoms with Gasteiger partial charge in [-0.15, -0.1) is 0 Å². The maximum absolute atomic E-state index is 14.1. The molecular weight excluding hydrogens is 549 g/mol. The van der Waals surface area contributed by atoms with Crippen LogP contribution in [0, 0.1) is 0 Å². The van der Waals surface area contributed by atoms with Crippen LogP contribution in [0.15, 0.2) is 36.4 Å². The quantitative estimate of drug-likeness (QED) is 0.453. The molecule has 1 unspecified atom stereocenters. The molecule has 1 heterocycles. The van der Waals surface area contributed by atoms with E-state index in [2.05, 4.69) is 0 Å². The topological polar surface area (TPSA) is 124 Å². The van der Waals surface area contributed by atoms with E-state index in [0.717, 1.165) is 11.0 Å². The molecule has 1 aliphatic rings. The van der Waals surface area contributed by atoms with Crippen molar-refractivity contribution in [3.63, 3.8) is 0 Å². The molecule has 208 valence electrons. The van der Waals surface area contributed by atoms with Gasteiger partial charge in [-0.2, -0.15) is 13.2 Å². The minimum Gasteiger partial charge on any atom is -0.465 e. The number of carbonyl (C=O) groups is 2. The summed E-state index contributed by atoms with van der Waals surface area (Å²) in [5, 5.41) is 9.47. The number of anilines is 1. The van der Waals surface area contributed by atoms with Gasteiger partial charge in [-0.05, 0) is 48.7 Å². The Balaban J connectivity index is 1.97. The molecule has 0 radical (unpaired) electrons. The number of likely N-dealkylation sites (tertiary alicyclic amines) is 1. The van der Waals surface area contributed by atoms with Crippen LogP contribution < -0.4 is 5.73 Å². The van der Waals surface area contributed by atoms with Gasteiger partial charge in [0.25, 0.3) is 5.91 Å². The van der Waals surface area contributed by atoms with Crippen LogP contribution in [-0.2, 0) is 29.3 Å². The molecule has 1 saturated heterocycles. The summed E-state index contributed by atoms with van der Waals surface area (Å²) in [5.41, 5.74) is 4.17. The largest absolute Gasteiger partial charge is 0.465 e. The number of hydrogen-bond donors (Lipinski definition) is 2. The fraction of sp³-hybridized carbons (Fsp3) is 0.417. The number of amides is 2. The zero-order valence-electron chi connectivity index (χ0n) is 20.7. The van der Waals surface area contributed by atoms with Crippen LogP contribution in [0.4, 0.5) is 23.7 Å². The van der Waals surface area contributed by atoms with Crippen molar-refractivity contribution in [3.8, 4) is 0 Å². The van der Waals surface area contributed by atoms with Crippen LogP contribution in [0.1, 0.15) is 40.4 Å². The first-order valence-electron chi connectivity index (χ1n) is 11.6. The molecule has 1 fully saturated rings. The van der Waals surface area contributed by atoms with Gasteiger partial charge in [0, 0.05) is 43.4 Å². The maximum atomic E-state index is 14.1. The first kappa shape index (κ1) is 29.5. The van der Waals surface area contributed by atoms with Gasteiger partial charge in [-0.1, -0.05) is 23.7 Å². The minimum absolute atomic E-state index is 0.184. The summed E-state index contributed by atoms with van der Waals surface area (Å²) in [4.78, 5) is 27.4. The van der Waals surface area contributed by atoms with Crippen LogP contribution in [0.25, 0.3) is 0 Å². The van der Waals surface area contributed by atoms with E-state index in [1.165, 1.54) is 26.1 Å². The predicted molar refractivity (Wildman–Crippen MR) is 136 cm³/mol. The third-order valence-corrected chi connectivity index (χ3v) is 8.38.